The lowest BCUT2D eigenvalue weighted by molar-refractivity contribution is -0.129. The van der Waals surface area contributed by atoms with E-state index in [1.807, 2.05) is 20.8 Å². The van der Waals surface area contributed by atoms with E-state index in [0.29, 0.717) is 12.2 Å². The first-order valence-electron chi connectivity index (χ1n) is 10.9. The number of benzene rings is 1. The van der Waals surface area contributed by atoms with E-state index in [4.69, 9.17) is 5.50 Å². The van der Waals surface area contributed by atoms with Crippen molar-refractivity contribution in [1.82, 2.24) is 4.90 Å². The lowest BCUT2D eigenvalue weighted by atomic mass is 9.84. The molecule has 34 heavy (non-hydrogen) atoms. The van der Waals surface area contributed by atoms with Crippen LogP contribution in [0.25, 0.3) is 0 Å². The van der Waals surface area contributed by atoms with Gasteiger partial charge in [0.15, 0.2) is 7.95 Å². The third kappa shape index (κ3) is 6.87. The number of amides is 1. The van der Waals surface area contributed by atoms with Crippen molar-refractivity contribution < 1.29 is 22.9 Å². The number of sulfonamides is 1. The summed E-state index contributed by atoms with van der Waals surface area (Å²) in [6.07, 6.45) is 1.75. The molecule has 5 N–H and O–H groups in total. The smallest absolute Gasteiger partial charge is 0.260 e. The topological polar surface area (TPSA) is 142 Å². The highest BCUT2D eigenvalue weighted by molar-refractivity contribution is 7.92. The number of hydrogen-bond donors (Lipinski definition) is 4. The second kappa shape index (κ2) is 9.76. The van der Waals surface area contributed by atoms with Crippen molar-refractivity contribution in [2.45, 2.75) is 54.0 Å². The van der Waals surface area contributed by atoms with Gasteiger partial charge in [0.2, 0.25) is 10.0 Å². The van der Waals surface area contributed by atoms with E-state index in [2.05, 4.69) is 37.4 Å². The van der Waals surface area contributed by atoms with Crippen LogP contribution < -0.4 is 20.8 Å². The van der Waals surface area contributed by atoms with Crippen molar-refractivity contribution in [3.05, 3.63) is 41.8 Å². The van der Waals surface area contributed by atoms with Crippen LogP contribution >= 0.6 is 7.95 Å². The van der Waals surface area contributed by atoms with Crippen LogP contribution in [0.3, 0.4) is 0 Å². The zero-order valence-corrected chi connectivity index (χ0v) is 22.8. The number of nitrogens with two attached hydrogens (primary N) is 1. The zero-order valence-electron chi connectivity index (χ0n) is 20.9. The number of aliphatic hydroxyl groups is 1. The Morgan fingerprint density at radius 2 is 1.82 bits per heavy atom. The predicted molar refractivity (Wildman–Crippen MR) is 139 cm³/mol. The third-order valence-electron chi connectivity index (χ3n) is 5.40. The minimum atomic E-state index is -3.54. The van der Waals surface area contributed by atoms with E-state index in [1.165, 1.54) is 18.2 Å². The van der Waals surface area contributed by atoms with Crippen LogP contribution in [0.4, 0.5) is 11.4 Å². The largest absolute Gasteiger partial charge is 0.509 e. The molecule has 0 fully saturated rings. The minimum Gasteiger partial charge on any atom is -0.509 e. The van der Waals surface area contributed by atoms with Crippen molar-refractivity contribution in [3.63, 3.8) is 0 Å². The van der Waals surface area contributed by atoms with Crippen LogP contribution in [0.1, 0.15) is 48.0 Å². The van der Waals surface area contributed by atoms with Crippen LogP contribution in [-0.4, -0.2) is 43.2 Å². The quantitative estimate of drug-likeness (QED) is 0.390. The van der Waals surface area contributed by atoms with Gasteiger partial charge in [0, 0.05) is 23.2 Å². The van der Waals surface area contributed by atoms with Crippen molar-refractivity contribution in [1.29, 1.82) is 0 Å². The van der Waals surface area contributed by atoms with E-state index in [9.17, 15) is 22.9 Å². The Hall–Kier alpha value is -2.29. The molecule has 0 radical (unpaired) electrons. The molecule has 190 valence electrons. The summed E-state index contributed by atoms with van der Waals surface area (Å²) < 4.78 is 37.6. The van der Waals surface area contributed by atoms with Crippen LogP contribution in [0.15, 0.2) is 41.8 Å². The van der Waals surface area contributed by atoms with Gasteiger partial charge in [0.1, 0.15) is 11.3 Å². The summed E-state index contributed by atoms with van der Waals surface area (Å²) in [4.78, 5) is 15.1. The summed E-state index contributed by atoms with van der Waals surface area (Å²) in [6.45, 7) is 16.6. The third-order valence-corrected chi connectivity index (χ3v) is 6.95. The molecule has 0 saturated heterocycles. The van der Waals surface area contributed by atoms with Crippen LogP contribution in [0, 0.1) is 10.8 Å². The fraction of sp³-hybridized carbons (Fsp3) is 0.522. The molecule has 1 unspecified atom stereocenters. The van der Waals surface area contributed by atoms with Gasteiger partial charge < -0.3 is 19.9 Å². The number of anilines is 2. The van der Waals surface area contributed by atoms with Crippen LogP contribution in [0.5, 0.6) is 0 Å². The Labute approximate surface area is 203 Å². The Balaban J connectivity index is 2.41. The van der Waals surface area contributed by atoms with Crippen molar-refractivity contribution >= 4 is 40.6 Å². The first kappa shape index (κ1) is 28.0. The Morgan fingerprint density at radius 3 is 2.29 bits per heavy atom. The summed E-state index contributed by atoms with van der Waals surface area (Å²) in [5.41, 5.74) is 5.97. The minimum absolute atomic E-state index is 0.000651. The van der Waals surface area contributed by atoms with Gasteiger partial charge in [-0.15, -0.1) is 0 Å². The summed E-state index contributed by atoms with van der Waals surface area (Å²) in [5, 5.41) is 14.3. The molecule has 1 aromatic rings. The van der Waals surface area contributed by atoms with E-state index in [0.717, 1.165) is 12.7 Å². The van der Waals surface area contributed by atoms with Crippen LogP contribution in [-0.2, 0) is 19.4 Å². The van der Waals surface area contributed by atoms with E-state index < -0.39 is 29.4 Å². The van der Waals surface area contributed by atoms with Gasteiger partial charge in [0.25, 0.3) is 5.91 Å². The van der Waals surface area contributed by atoms with E-state index >= 15 is 0 Å². The van der Waals surface area contributed by atoms with Crippen LogP contribution in [0.2, 0.25) is 0 Å². The molecule has 1 aromatic carbocycles. The van der Waals surface area contributed by atoms with Gasteiger partial charge in [0.05, 0.1) is 18.0 Å². The fourth-order valence-electron chi connectivity index (χ4n) is 3.86. The van der Waals surface area contributed by atoms with E-state index in [-0.39, 0.29) is 39.3 Å². The average Bonchev–Trinajstić information content (AvgIpc) is 2.89. The Bertz CT molecular complexity index is 1150. The summed E-state index contributed by atoms with van der Waals surface area (Å²) >= 11 is 0. The first-order valence-corrected chi connectivity index (χ1v) is 14.3. The molecule has 0 bridgehead atoms. The Morgan fingerprint density at radius 1 is 1.24 bits per heavy atom. The fourth-order valence-corrected chi connectivity index (χ4v) is 5.13. The van der Waals surface area contributed by atoms with Gasteiger partial charge in [-0.05, 0) is 35.4 Å². The SMILES string of the molecule is C=C(Nc1ccc(NS(C)(=O)=O)cc1[PH](N)=O)C1=C(O)[C@H](C(C)(C)C)N(CCC(C)(C)C)C1=O. The monoisotopic (exact) mass is 512 g/mol. The normalized spacial score (nSPS) is 18.3. The molecule has 0 aromatic heterocycles. The number of aliphatic hydroxyl groups excluding tert-OH is 1. The standard InChI is InChI=1S/C23H37N4O5PS/c1-14(25-16-10-9-15(26-34(8,31)32)13-17(16)33(24)30)18-19(28)20(23(5,6)7)27(21(18)29)12-11-22(2,3)4/h9-10,13,20,25-26,28,33H,1,11-12H2,2-8H3,(H2,24,30)/t20-/m1/s1. The lowest BCUT2D eigenvalue weighted by Crippen LogP contribution is -2.45. The number of carbonyl (C=O) groups excluding carboxylic acids is 1. The summed E-state index contributed by atoms with van der Waals surface area (Å²) in [7, 11) is -6.28. The van der Waals surface area contributed by atoms with Gasteiger partial charge in [-0.2, -0.15) is 0 Å². The summed E-state index contributed by atoms with van der Waals surface area (Å²) in [5.74, 6) is -0.405. The molecule has 1 aliphatic rings. The van der Waals surface area contributed by atoms with Gasteiger partial charge in [-0.25, -0.2) is 8.42 Å². The van der Waals surface area contributed by atoms with Gasteiger partial charge in [-0.1, -0.05) is 48.1 Å². The van der Waals surface area contributed by atoms with E-state index in [1.54, 1.807) is 4.90 Å². The number of rotatable bonds is 8. The number of hydrogen-bond acceptors (Lipinski definition) is 6. The van der Waals surface area contributed by atoms with Gasteiger partial charge >= 0.3 is 0 Å². The molecule has 1 amide bonds. The molecule has 1 heterocycles. The maximum Gasteiger partial charge on any atom is 0.260 e. The molecule has 2 atom stereocenters. The molecule has 11 heteroatoms. The molecule has 1 aliphatic heterocycles. The Kier molecular flexibility index (Phi) is 8.02. The number of carbonyl (C=O) groups is 1. The maximum absolute atomic E-state index is 13.4. The van der Waals surface area contributed by atoms with Gasteiger partial charge in [-0.3, -0.25) is 15.0 Å². The molecule has 0 spiro atoms. The molecule has 2 rings (SSSR count). The second-order valence-corrected chi connectivity index (χ2v) is 14.0. The maximum atomic E-state index is 13.4. The first-order chi connectivity index (χ1) is 15.3. The van der Waals surface area contributed by atoms with Crippen molar-refractivity contribution in [2.24, 2.45) is 16.3 Å². The second-order valence-electron chi connectivity index (χ2n) is 10.9. The van der Waals surface area contributed by atoms with Crippen molar-refractivity contribution in [3.8, 4) is 0 Å². The average molecular weight is 513 g/mol. The number of nitrogens with one attached hydrogen (secondary N) is 2. The van der Waals surface area contributed by atoms with Crippen molar-refractivity contribution in [2.75, 3.05) is 22.8 Å². The molecular formula is C23H37N4O5PS. The molecule has 0 saturated carbocycles. The summed E-state index contributed by atoms with van der Waals surface area (Å²) in [6, 6.07) is 3.82. The highest BCUT2D eigenvalue weighted by Crippen LogP contribution is 2.39. The zero-order chi connectivity index (χ0) is 26.2. The molecule has 9 nitrogen and oxygen atoms in total. The highest BCUT2D eigenvalue weighted by Gasteiger charge is 2.46. The lowest BCUT2D eigenvalue weighted by Gasteiger charge is -2.36. The molecular weight excluding hydrogens is 475 g/mol. The number of nitrogens with zero attached hydrogens (tertiary/aromatic N) is 1. The highest BCUT2D eigenvalue weighted by atomic mass is 32.2. The predicted octanol–water partition coefficient (Wildman–Crippen LogP) is 3.55. The molecule has 0 aliphatic carbocycles.